The van der Waals surface area contributed by atoms with Crippen molar-refractivity contribution in [3.63, 3.8) is 0 Å². The van der Waals surface area contributed by atoms with Crippen LogP contribution in [-0.4, -0.2) is 17.7 Å². The number of carbonyl (C=O) groups is 1. The van der Waals surface area contributed by atoms with Crippen molar-refractivity contribution >= 4 is 21.9 Å². The highest BCUT2D eigenvalue weighted by molar-refractivity contribution is 9.11. The van der Waals surface area contributed by atoms with Gasteiger partial charge in [-0.25, -0.2) is 4.79 Å². The van der Waals surface area contributed by atoms with E-state index in [2.05, 4.69) is 15.9 Å². The molecule has 0 bridgehead atoms. The van der Waals surface area contributed by atoms with Crippen LogP contribution in [0.1, 0.15) is 34.6 Å². The van der Waals surface area contributed by atoms with Gasteiger partial charge < -0.3 is 9.47 Å². The van der Waals surface area contributed by atoms with Crippen LogP contribution in [-0.2, 0) is 14.3 Å². The molecule has 4 heteroatoms. The van der Waals surface area contributed by atoms with Gasteiger partial charge in [0.2, 0.25) is 0 Å². The van der Waals surface area contributed by atoms with Gasteiger partial charge in [-0.2, -0.15) is 0 Å². The molecule has 0 fully saturated rings. The normalized spacial score (nSPS) is 25.3. The molecule has 1 rings (SSSR count). The summed E-state index contributed by atoms with van der Waals surface area (Å²) in [7, 11) is 0. The van der Waals surface area contributed by atoms with Crippen molar-refractivity contribution < 1.29 is 14.3 Å². The van der Waals surface area contributed by atoms with Crippen molar-refractivity contribution in [1.29, 1.82) is 0 Å². The lowest BCUT2D eigenvalue weighted by atomic mass is 10.00. The highest BCUT2D eigenvalue weighted by Crippen LogP contribution is 2.30. The van der Waals surface area contributed by atoms with Crippen molar-refractivity contribution in [3.8, 4) is 0 Å². The molecule has 96 valence electrons. The molecule has 0 unspecified atom stereocenters. The van der Waals surface area contributed by atoms with E-state index < -0.39 is 5.60 Å². The van der Waals surface area contributed by atoms with E-state index in [1.54, 1.807) is 6.26 Å². The van der Waals surface area contributed by atoms with Gasteiger partial charge in [0.15, 0.2) is 0 Å². The van der Waals surface area contributed by atoms with Crippen LogP contribution in [0.4, 0.5) is 0 Å². The summed E-state index contributed by atoms with van der Waals surface area (Å²) in [5, 5.41) is 0. The summed E-state index contributed by atoms with van der Waals surface area (Å²) in [4.78, 5) is 12.1. The number of ether oxygens (including phenoxy) is 2. The maximum Gasteiger partial charge on any atom is 0.334 e. The Morgan fingerprint density at radius 1 is 1.41 bits per heavy atom. The second-order valence-corrected chi connectivity index (χ2v) is 6.11. The lowest BCUT2D eigenvalue weighted by Gasteiger charge is -2.22. The number of carbonyl (C=O) groups excluding carboxylic acids is 1. The fourth-order valence-corrected chi connectivity index (χ4v) is 1.80. The van der Waals surface area contributed by atoms with Crippen LogP contribution in [0.15, 0.2) is 22.4 Å². The predicted octanol–water partition coefficient (Wildman–Crippen LogP) is 3.55. The van der Waals surface area contributed by atoms with Gasteiger partial charge in [0.25, 0.3) is 0 Å². The SMILES string of the molecule is C[C@H]1C(Br)=CO[C@@H](C)C=C1C(=O)OC(C)(C)C. The van der Waals surface area contributed by atoms with Gasteiger partial charge in [-0.3, -0.25) is 0 Å². The third kappa shape index (κ3) is 4.19. The van der Waals surface area contributed by atoms with Crippen molar-refractivity contribution in [2.24, 2.45) is 5.92 Å². The average Bonchev–Trinajstić information content (AvgIpc) is 2.29. The Labute approximate surface area is 111 Å². The van der Waals surface area contributed by atoms with Gasteiger partial charge in [-0.1, -0.05) is 22.9 Å². The Hall–Kier alpha value is -0.770. The van der Waals surface area contributed by atoms with Crippen LogP contribution in [0.5, 0.6) is 0 Å². The summed E-state index contributed by atoms with van der Waals surface area (Å²) in [5.41, 5.74) is 0.151. The lowest BCUT2D eigenvalue weighted by molar-refractivity contribution is -0.150. The minimum Gasteiger partial charge on any atom is -0.493 e. The first-order chi connectivity index (χ1) is 7.70. The van der Waals surface area contributed by atoms with Crippen LogP contribution in [0.2, 0.25) is 0 Å². The third-order valence-electron chi connectivity index (χ3n) is 2.32. The molecule has 1 aliphatic rings. The molecule has 3 nitrogen and oxygen atoms in total. The molecule has 0 radical (unpaired) electrons. The summed E-state index contributed by atoms with van der Waals surface area (Å²) in [6, 6.07) is 0. The maximum atomic E-state index is 12.1. The summed E-state index contributed by atoms with van der Waals surface area (Å²) in [6.07, 6.45) is 3.32. The molecule has 0 N–H and O–H groups in total. The summed E-state index contributed by atoms with van der Waals surface area (Å²) >= 11 is 3.41. The molecule has 0 aromatic carbocycles. The van der Waals surface area contributed by atoms with E-state index in [9.17, 15) is 4.79 Å². The summed E-state index contributed by atoms with van der Waals surface area (Å²) in [5.74, 6) is -0.331. The minimum absolute atomic E-state index is 0.0465. The minimum atomic E-state index is -0.482. The molecule has 2 atom stereocenters. The number of esters is 1. The highest BCUT2D eigenvalue weighted by atomic mass is 79.9. The number of rotatable bonds is 1. The highest BCUT2D eigenvalue weighted by Gasteiger charge is 2.27. The topological polar surface area (TPSA) is 35.5 Å². The van der Waals surface area contributed by atoms with Gasteiger partial charge in [0.1, 0.15) is 11.7 Å². The van der Waals surface area contributed by atoms with Gasteiger partial charge >= 0.3 is 5.97 Å². The first-order valence-corrected chi connectivity index (χ1v) is 6.46. The smallest absolute Gasteiger partial charge is 0.334 e. The molecule has 0 amide bonds. The molecule has 0 aromatic heterocycles. The Kier molecular flexibility index (Phi) is 4.42. The molecular weight excluding hydrogens is 284 g/mol. The first-order valence-electron chi connectivity index (χ1n) is 5.67. The molecule has 0 aromatic rings. The zero-order valence-electron chi connectivity index (χ0n) is 10.9. The van der Waals surface area contributed by atoms with E-state index in [1.165, 1.54) is 0 Å². The zero-order chi connectivity index (χ0) is 13.2. The standard InChI is InChI=1S/C13H19BrO3/c1-8-6-10(9(2)11(14)7-16-8)12(15)17-13(3,4)5/h6-9H,1-5H3/t8-,9+/m0/s1. The van der Waals surface area contributed by atoms with Gasteiger partial charge in [0, 0.05) is 16.0 Å². The molecular formula is C13H19BrO3. The van der Waals surface area contributed by atoms with Crippen LogP contribution in [0.25, 0.3) is 0 Å². The largest absolute Gasteiger partial charge is 0.493 e. The zero-order valence-corrected chi connectivity index (χ0v) is 12.5. The lowest BCUT2D eigenvalue weighted by Crippen LogP contribution is -2.27. The van der Waals surface area contributed by atoms with E-state index >= 15 is 0 Å². The van der Waals surface area contributed by atoms with E-state index in [0.717, 1.165) is 4.48 Å². The number of hydrogen-bond donors (Lipinski definition) is 0. The van der Waals surface area contributed by atoms with Gasteiger partial charge in [-0.15, -0.1) is 0 Å². The van der Waals surface area contributed by atoms with E-state index in [-0.39, 0.29) is 18.0 Å². The predicted molar refractivity (Wildman–Crippen MR) is 70.6 cm³/mol. The second-order valence-electron chi connectivity index (χ2n) is 5.19. The molecule has 17 heavy (non-hydrogen) atoms. The molecule has 0 saturated heterocycles. The van der Waals surface area contributed by atoms with Crippen LogP contribution in [0, 0.1) is 5.92 Å². The molecule has 1 aliphatic heterocycles. The average molecular weight is 303 g/mol. The maximum absolute atomic E-state index is 12.1. The van der Waals surface area contributed by atoms with Crippen molar-refractivity contribution in [2.45, 2.75) is 46.3 Å². The molecule has 0 aliphatic carbocycles. The first kappa shape index (κ1) is 14.3. The van der Waals surface area contributed by atoms with E-state index in [4.69, 9.17) is 9.47 Å². The fourth-order valence-electron chi connectivity index (χ4n) is 1.44. The molecule has 0 saturated carbocycles. The van der Waals surface area contributed by atoms with Crippen LogP contribution in [0.3, 0.4) is 0 Å². The van der Waals surface area contributed by atoms with E-state index in [1.807, 2.05) is 40.7 Å². The second kappa shape index (κ2) is 5.25. The number of hydrogen-bond acceptors (Lipinski definition) is 3. The van der Waals surface area contributed by atoms with Crippen LogP contribution >= 0.6 is 15.9 Å². The van der Waals surface area contributed by atoms with Crippen molar-refractivity contribution in [3.05, 3.63) is 22.4 Å². The van der Waals surface area contributed by atoms with Crippen molar-refractivity contribution in [2.75, 3.05) is 0 Å². The fraction of sp³-hybridized carbons (Fsp3) is 0.615. The Balaban J connectivity index is 2.94. The summed E-state index contributed by atoms with van der Waals surface area (Å²) in [6.45, 7) is 9.41. The Morgan fingerprint density at radius 2 is 2.00 bits per heavy atom. The van der Waals surface area contributed by atoms with Gasteiger partial charge in [0.05, 0.1) is 6.26 Å². The molecule has 0 spiro atoms. The summed E-state index contributed by atoms with van der Waals surface area (Å²) < 4.78 is 11.6. The number of allylic oxidation sites excluding steroid dienone is 1. The quantitative estimate of drug-likeness (QED) is 0.695. The van der Waals surface area contributed by atoms with Gasteiger partial charge in [-0.05, 0) is 33.8 Å². The van der Waals surface area contributed by atoms with Crippen LogP contribution < -0.4 is 0 Å². The van der Waals surface area contributed by atoms with Crippen molar-refractivity contribution in [1.82, 2.24) is 0 Å². The monoisotopic (exact) mass is 302 g/mol. The molecule has 1 heterocycles. The third-order valence-corrected chi connectivity index (χ3v) is 3.20. The van der Waals surface area contributed by atoms with E-state index in [0.29, 0.717) is 5.57 Å². The Morgan fingerprint density at radius 3 is 2.53 bits per heavy atom. The number of halogens is 1. The Bertz CT molecular complexity index is 363.